The molecular weight excluding hydrogens is 640 g/mol. The largest absolute Gasteiger partial charge is 0.493 e. The smallest absolute Gasteiger partial charge is 0.266 e. The van der Waals surface area contributed by atoms with Crippen molar-refractivity contribution in [1.82, 2.24) is 0 Å². The second-order valence-corrected chi connectivity index (χ2v) is 11.2. The number of methoxy groups -OCH3 is 1. The third-order valence-electron chi connectivity index (χ3n) is 7.05. The molecule has 0 bridgehead atoms. The number of halogens is 2. The normalized spacial score (nSPS) is 20.1. The topological polar surface area (TPSA) is 68.3 Å². The molecule has 4 aromatic carbocycles. The van der Waals surface area contributed by atoms with Crippen molar-refractivity contribution < 1.29 is 23.9 Å². The molecule has 2 fully saturated rings. The van der Waals surface area contributed by atoms with E-state index in [9.17, 15) is 9.59 Å². The van der Waals surface area contributed by atoms with E-state index in [0.717, 1.165) is 21.3 Å². The standard InChI is InChI=1S/C31H24Br2N2O5/c1-38-25-16-23(24(33)17-26(25)39-18-19-8-4-2-5-9-19)28-27-29(40-35(28)22-10-6-3-7-11-22)31(37)34(30(27)36)21-14-12-20(32)13-15-21/h2-17,27-29H,18H2,1H3/t27-,28-,29-/m0/s1. The van der Waals surface area contributed by atoms with Gasteiger partial charge in [-0.3, -0.25) is 14.4 Å². The highest BCUT2D eigenvalue weighted by atomic mass is 79.9. The van der Waals surface area contributed by atoms with Gasteiger partial charge < -0.3 is 9.47 Å². The lowest BCUT2D eigenvalue weighted by Gasteiger charge is -2.29. The van der Waals surface area contributed by atoms with Crippen LogP contribution in [0.15, 0.2) is 106 Å². The Morgan fingerprint density at radius 3 is 2.15 bits per heavy atom. The minimum atomic E-state index is -0.978. The van der Waals surface area contributed by atoms with Crippen molar-refractivity contribution in [2.24, 2.45) is 5.92 Å². The lowest BCUT2D eigenvalue weighted by Crippen LogP contribution is -2.37. The highest BCUT2D eigenvalue weighted by Crippen LogP contribution is 2.50. The lowest BCUT2D eigenvalue weighted by molar-refractivity contribution is -0.126. The van der Waals surface area contributed by atoms with Crippen molar-refractivity contribution in [3.8, 4) is 11.5 Å². The van der Waals surface area contributed by atoms with Crippen molar-refractivity contribution in [3.05, 3.63) is 117 Å². The molecule has 0 radical (unpaired) electrons. The van der Waals surface area contributed by atoms with Gasteiger partial charge in [-0.1, -0.05) is 80.4 Å². The number of benzene rings is 4. The molecule has 4 aromatic rings. The summed E-state index contributed by atoms with van der Waals surface area (Å²) in [5, 5.41) is 1.66. The van der Waals surface area contributed by atoms with Gasteiger partial charge in [0.05, 0.1) is 24.5 Å². The predicted octanol–water partition coefficient (Wildman–Crippen LogP) is 6.85. The average molecular weight is 664 g/mol. The van der Waals surface area contributed by atoms with Crippen molar-refractivity contribution in [3.63, 3.8) is 0 Å². The van der Waals surface area contributed by atoms with Gasteiger partial charge in [0.2, 0.25) is 5.91 Å². The van der Waals surface area contributed by atoms with Crippen LogP contribution in [-0.4, -0.2) is 25.0 Å². The van der Waals surface area contributed by atoms with Crippen LogP contribution in [0.1, 0.15) is 17.2 Å². The Bertz CT molecular complexity index is 1550. The highest BCUT2D eigenvalue weighted by molar-refractivity contribution is 9.10. The zero-order chi connectivity index (χ0) is 27.8. The first-order valence-corrected chi connectivity index (χ1v) is 14.2. The second kappa shape index (κ2) is 11.1. The van der Waals surface area contributed by atoms with E-state index < -0.39 is 24.0 Å². The van der Waals surface area contributed by atoms with E-state index in [0.29, 0.717) is 28.3 Å². The fourth-order valence-corrected chi connectivity index (χ4v) is 5.98. The summed E-state index contributed by atoms with van der Waals surface area (Å²) in [7, 11) is 1.57. The molecule has 0 aromatic heterocycles. The maximum Gasteiger partial charge on any atom is 0.266 e. The number of carbonyl (C=O) groups is 2. The molecule has 2 amide bonds. The van der Waals surface area contributed by atoms with Crippen LogP contribution in [-0.2, 0) is 21.0 Å². The number of hydrogen-bond acceptors (Lipinski definition) is 6. The maximum absolute atomic E-state index is 14.0. The third-order valence-corrected chi connectivity index (χ3v) is 8.27. The van der Waals surface area contributed by atoms with E-state index in [-0.39, 0.29) is 5.91 Å². The molecule has 3 atom stereocenters. The summed E-state index contributed by atoms with van der Waals surface area (Å²) in [4.78, 5) is 35.1. The summed E-state index contributed by atoms with van der Waals surface area (Å²) in [5.41, 5.74) is 2.99. The van der Waals surface area contributed by atoms with Gasteiger partial charge in [0, 0.05) is 8.95 Å². The first kappa shape index (κ1) is 26.6. The first-order valence-electron chi connectivity index (χ1n) is 12.6. The van der Waals surface area contributed by atoms with Crippen molar-refractivity contribution >= 4 is 55.0 Å². The van der Waals surface area contributed by atoms with E-state index in [1.54, 1.807) is 36.4 Å². The lowest BCUT2D eigenvalue weighted by atomic mass is 9.90. The van der Waals surface area contributed by atoms with Crippen LogP contribution in [0.25, 0.3) is 0 Å². The van der Waals surface area contributed by atoms with Gasteiger partial charge >= 0.3 is 0 Å². The quantitative estimate of drug-likeness (QED) is 0.202. The molecule has 2 saturated heterocycles. The number of anilines is 2. The van der Waals surface area contributed by atoms with E-state index >= 15 is 0 Å². The first-order chi connectivity index (χ1) is 19.5. The van der Waals surface area contributed by atoms with Gasteiger partial charge in [0.15, 0.2) is 17.6 Å². The molecular formula is C31H24Br2N2O5. The van der Waals surface area contributed by atoms with Crippen LogP contribution in [0, 0.1) is 5.92 Å². The molecule has 0 spiro atoms. The number of amides is 2. The van der Waals surface area contributed by atoms with Crippen LogP contribution in [0.4, 0.5) is 11.4 Å². The fraction of sp³-hybridized carbons (Fsp3) is 0.161. The molecule has 0 saturated carbocycles. The van der Waals surface area contributed by atoms with Crippen molar-refractivity contribution in [2.75, 3.05) is 17.1 Å². The number of hydroxylamine groups is 1. The summed E-state index contributed by atoms with van der Waals surface area (Å²) in [6.07, 6.45) is -0.978. The Labute approximate surface area is 248 Å². The van der Waals surface area contributed by atoms with E-state index in [1.165, 1.54) is 4.90 Å². The highest BCUT2D eigenvalue weighted by Gasteiger charge is 2.60. The Balaban J connectivity index is 1.40. The molecule has 9 heteroatoms. The van der Waals surface area contributed by atoms with Gasteiger partial charge in [-0.15, -0.1) is 0 Å². The van der Waals surface area contributed by atoms with Crippen LogP contribution < -0.4 is 19.4 Å². The molecule has 40 heavy (non-hydrogen) atoms. The summed E-state index contributed by atoms with van der Waals surface area (Å²) >= 11 is 7.13. The summed E-state index contributed by atoms with van der Waals surface area (Å²) in [6, 6.07) is 29.4. The third kappa shape index (κ3) is 4.78. The summed E-state index contributed by atoms with van der Waals surface area (Å²) in [5.74, 6) is -0.447. The maximum atomic E-state index is 14.0. The molecule has 202 valence electrons. The summed E-state index contributed by atoms with van der Waals surface area (Å²) < 4.78 is 13.4. The number of fused-ring (bicyclic) bond motifs is 1. The second-order valence-electron chi connectivity index (χ2n) is 9.45. The van der Waals surface area contributed by atoms with Gasteiger partial charge in [0.25, 0.3) is 5.91 Å². The Hall–Kier alpha value is -3.66. The van der Waals surface area contributed by atoms with E-state index in [1.807, 2.05) is 72.8 Å². The van der Waals surface area contributed by atoms with E-state index in [4.69, 9.17) is 14.3 Å². The predicted molar refractivity (Wildman–Crippen MR) is 158 cm³/mol. The number of para-hydroxylation sites is 1. The van der Waals surface area contributed by atoms with Crippen LogP contribution in [0.5, 0.6) is 11.5 Å². The molecule has 7 nitrogen and oxygen atoms in total. The number of imide groups is 1. The van der Waals surface area contributed by atoms with Gasteiger partial charge in [-0.2, -0.15) is 0 Å². The number of hydrogen-bond donors (Lipinski definition) is 0. The van der Waals surface area contributed by atoms with Crippen LogP contribution in [0.3, 0.4) is 0 Å². The molecule has 0 aliphatic carbocycles. The van der Waals surface area contributed by atoms with Gasteiger partial charge in [0.1, 0.15) is 12.5 Å². The van der Waals surface area contributed by atoms with Crippen LogP contribution in [0.2, 0.25) is 0 Å². The molecule has 0 unspecified atom stereocenters. The minimum Gasteiger partial charge on any atom is -0.493 e. The van der Waals surface area contributed by atoms with Crippen molar-refractivity contribution in [2.45, 2.75) is 18.8 Å². The zero-order valence-electron chi connectivity index (χ0n) is 21.4. The Morgan fingerprint density at radius 2 is 1.48 bits per heavy atom. The number of rotatable bonds is 7. The van der Waals surface area contributed by atoms with Crippen LogP contribution >= 0.6 is 31.9 Å². The summed E-state index contributed by atoms with van der Waals surface area (Å²) in [6.45, 7) is 0.367. The zero-order valence-corrected chi connectivity index (χ0v) is 24.5. The molecule has 2 aliphatic rings. The average Bonchev–Trinajstić information content (AvgIpc) is 3.49. The molecule has 0 N–H and O–H groups in total. The minimum absolute atomic E-state index is 0.323. The van der Waals surface area contributed by atoms with E-state index in [2.05, 4.69) is 31.9 Å². The Kier molecular flexibility index (Phi) is 7.35. The molecule has 6 rings (SSSR count). The molecule has 2 heterocycles. The number of carbonyl (C=O) groups excluding carboxylic acids is 2. The van der Waals surface area contributed by atoms with Gasteiger partial charge in [-0.05, 0) is 59.7 Å². The SMILES string of the molecule is COc1cc([C@H]2[C@@H]3C(=O)N(c4ccc(Br)cc4)C(=O)[C@H]3ON2c2ccccc2)c(Br)cc1OCc1ccccc1. The monoisotopic (exact) mass is 662 g/mol. The fourth-order valence-electron chi connectivity index (χ4n) is 5.16. The Morgan fingerprint density at radius 1 is 0.800 bits per heavy atom. The number of nitrogens with zero attached hydrogens (tertiary/aromatic N) is 2. The van der Waals surface area contributed by atoms with Gasteiger partial charge in [-0.25, -0.2) is 9.96 Å². The number of ether oxygens (including phenoxy) is 2. The molecule has 2 aliphatic heterocycles. The van der Waals surface area contributed by atoms with Crippen molar-refractivity contribution in [1.29, 1.82) is 0 Å².